The average Bonchev–Trinajstić information content (AvgIpc) is 2.32. The van der Waals surface area contributed by atoms with Crippen LogP contribution in [0, 0.1) is 13.8 Å². The SMILES string of the molecule is CCCC(NS(=O)(=O)Cc1ccc(C)c(C)c1)C(=O)O. The van der Waals surface area contributed by atoms with Crippen LogP contribution in [0.15, 0.2) is 18.2 Å². The molecule has 0 bridgehead atoms. The monoisotopic (exact) mass is 299 g/mol. The molecule has 0 saturated carbocycles. The van der Waals surface area contributed by atoms with E-state index in [0.29, 0.717) is 12.0 Å². The molecule has 6 heteroatoms. The van der Waals surface area contributed by atoms with E-state index >= 15 is 0 Å². The van der Waals surface area contributed by atoms with Crippen molar-refractivity contribution in [1.82, 2.24) is 4.72 Å². The van der Waals surface area contributed by atoms with E-state index in [0.717, 1.165) is 11.1 Å². The van der Waals surface area contributed by atoms with Gasteiger partial charge in [0.05, 0.1) is 5.75 Å². The number of nitrogens with one attached hydrogen (secondary N) is 1. The van der Waals surface area contributed by atoms with Gasteiger partial charge in [0.2, 0.25) is 10.0 Å². The summed E-state index contributed by atoms with van der Waals surface area (Å²) in [5.74, 6) is -1.35. The first-order chi connectivity index (χ1) is 9.25. The Morgan fingerprint density at radius 1 is 1.30 bits per heavy atom. The average molecular weight is 299 g/mol. The highest BCUT2D eigenvalue weighted by atomic mass is 32.2. The highest BCUT2D eigenvalue weighted by Crippen LogP contribution is 2.13. The molecule has 1 unspecified atom stereocenters. The third kappa shape index (κ3) is 4.94. The molecule has 112 valence electrons. The molecule has 0 aliphatic heterocycles. The van der Waals surface area contributed by atoms with Crippen LogP contribution in [-0.2, 0) is 20.6 Å². The van der Waals surface area contributed by atoms with Crippen molar-refractivity contribution in [2.24, 2.45) is 0 Å². The normalized spacial score (nSPS) is 13.2. The summed E-state index contributed by atoms with van der Waals surface area (Å²) in [5, 5.41) is 8.99. The Hall–Kier alpha value is -1.40. The molecule has 1 aromatic carbocycles. The quantitative estimate of drug-likeness (QED) is 0.806. The molecule has 0 amide bonds. The molecule has 0 aliphatic carbocycles. The predicted octanol–water partition coefficient (Wildman–Crippen LogP) is 1.98. The number of carboxylic acids is 1. The summed E-state index contributed by atoms with van der Waals surface area (Å²) in [6.07, 6.45) is 0.880. The van der Waals surface area contributed by atoms with Crippen LogP contribution in [-0.4, -0.2) is 25.5 Å². The Morgan fingerprint density at radius 3 is 2.45 bits per heavy atom. The lowest BCUT2D eigenvalue weighted by Gasteiger charge is -2.14. The van der Waals surface area contributed by atoms with Gasteiger partial charge < -0.3 is 5.11 Å². The Labute approximate surface area is 120 Å². The maximum atomic E-state index is 12.0. The molecule has 0 spiro atoms. The molecule has 1 atom stereocenters. The van der Waals surface area contributed by atoms with Gasteiger partial charge in [-0.2, -0.15) is 0 Å². The third-order valence-electron chi connectivity index (χ3n) is 3.13. The minimum atomic E-state index is -3.66. The van der Waals surface area contributed by atoms with Crippen molar-refractivity contribution in [3.05, 3.63) is 34.9 Å². The van der Waals surface area contributed by atoms with Crippen LogP contribution in [0.5, 0.6) is 0 Å². The van der Waals surface area contributed by atoms with Gasteiger partial charge in [-0.3, -0.25) is 4.79 Å². The summed E-state index contributed by atoms with van der Waals surface area (Å²) in [6.45, 7) is 5.68. The first-order valence-electron chi connectivity index (χ1n) is 6.54. The lowest BCUT2D eigenvalue weighted by atomic mass is 10.1. The first-order valence-corrected chi connectivity index (χ1v) is 8.19. The van der Waals surface area contributed by atoms with Gasteiger partial charge in [-0.15, -0.1) is 0 Å². The number of aryl methyl sites for hydroxylation is 2. The van der Waals surface area contributed by atoms with E-state index in [1.165, 1.54) is 0 Å². The Bertz CT molecular complexity index is 581. The number of benzene rings is 1. The Kier molecular flexibility index (Phi) is 5.71. The zero-order valence-corrected chi connectivity index (χ0v) is 12.8. The summed E-state index contributed by atoms with van der Waals surface area (Å²) in [6, 6.07) is 4.36. The summed E-state index contributed by atoms with van der Waals surface area (Å²) >= 11 is 0. The minimum Gasteiger partial charge on any atom is -0.480 e. The van der Waals surface area contributed by atoms with Crippen molar-refractivity contribution < 1.29 is 18.3 Å². The van der Waals surface area contributed by atoms with E-state index in [2.05, 4.69) is 4.72 Å². The largest absolute Gasteiger partial charge is 0.480 e. The standard InChI is InChI=1S/C14H21NO4S/c1-4-5-13(14(16)17)15-20(18,19)9-12-7-6-10(2)11(3)8-12/h6-8,13,15H,4-5,9H2,1-3H3,(H,16,17). The molecule has 20 heavy (non-hydrogen) atoms. The van der Waals surface area contributed by atoms with Crippen LogP contribution < -0.4 is 4.72 Å². The van der Waals surface area contributed by atoms with Crippen LogP contribution in [0.4, 0.5) is 0 Å². The van der Waals surface area contributed by atoms with Gasteiger partial charge in [0, 0.05) is 0 Å². The number of hydrogen-bond acceptors (Lipinski definition) is 3. The van der Waals surface area contributed by atoms with Gasteiger partial charge in [0.1, 0.15) is 6.04 Å². The smallest absolute Gasteiger partial charge is 0.321 e. The van der Waals surface area contributed by atoms with Crippen LogP contribution in [0.1, 0.15) is 36.5 Å². The maximum absolute atomic E-state index is 12.0. The van der Waals surface area contributed by atoms with E-state index in [4.69, 9.17) is 5.11 Å². The number of aliphatic carboxylic acids is 1. The summed E-state index contributed by atoms with van der Waals surface area (Å²) < 4.78 is 26.3. The van der Waals surface area contributed by atoms with Crippen molar-refractivity contribution in [2.45, 2.75) is 45.4 Å². The Morgan fingerprint density at radius 2 is 1.95 bits per heavy atom. The molecule has 1 rings (SSSR count). The van der Waals surface area contributed by atoms with Crippen LogP contribution in [0.25, 0.3) is 0 Å². The number of rotatable bonds is 7. The molecule has 0 saturated heterocycles. The van der Waals surface area contributed by atoms with Crippen LogP contribution in [0.2, 0.25) is 0 Å². The fourth-order valence-electron chi connectivity index (χ4n) is 1.89. The second kappa shape index (κ2) is 6.85. The lowest BCUT2D eigenvalue weighted by Crippen LogP contribution is -2.41. The fourth-order valence-corrected chi connectivity index (χ4v) is 3.25. The second-order valence-corrected chi connectivity index (χ2v) is 6.73. The van der Waals surface area contributed by atoms with Gasteiger partial charge in [-0.05, 0) is 37.0 Å². The van der Waals surface area contributed by atoms with Gasteiger partial charge in [0.15, 0.2) is 0 Å². The van der Waals surface area contributed by atoms with E-state index in [-0.39, 0.29) is 12.2 Å². The maximum Gasteiger partial charge on any atom is 0.321 e. The summed E-state index contributed by atoms with van der Waals surface area (Å²) in [7, 11) is -3.66. The molecule has 0 heterocycles. The number of carboxylic acid groups (broad SMARTS) is 1. The van der Waals surface area contributed by atoms with E-state index in [9.17, 15) is 13.2 Å². The van der Waals surface area contributed by atoms with Crippen molar-refractivity contribution in [3.63, 3.8) is 0 Å². The van der Waals surface area contributed by atoms with Crippen molar-refractivity contribution >= 4 is 16.0 Å². The van der Waals surface area contributed by atoms with E-state index < -0.39 is 22.0 Å². The second-order valence-electron chi connectivity index (χ2n) is 4.98. The molecule has 2 N–H and O–H groups in total. The molecule has 1 aromatic rings. The molecule has 5 nitrogen and oxygen atoms in total. The Balaban J connectivity index is 2.83. The third-order valence-corrected chi connectivity index (χ3v) is 4.48. The molecular weight excluding hydrogens is 278 g/mol. The first kappa shape index (κ1) is 16.7. The molecule has 0 aromatic heterocycles. The zero-order valence-electron chi connectivity index (χ0n) is 12.0. The van der Waals surface area contributed by atoms with Crippen LogP contribution in [0.3, 0.4) is 0 Å². The van der Waals surface area contributed by atoms with Gasteiger partial charge in [0.25, 0.3) is 0 Å². The van der Waals surface area contributed by atoms with E-state index in [1.54, 1.807) is 6.07 Å². The van der Waals surface area contributed by atoms with Crippen LogP contribution >= 0.6 is 0 Å². The van der Waals surface area contributed by atoms with E-state index in [1.807, 2.05) is 32.9 Å². The lowest BCUT2D eigenvalue weighted by molar-refractivity contribution is -0.139. The summed E-state index contributed by atoms with van der Waals surface area (Å²) in [4.78, 5) is 11.0. The molecule has 0 aliphatic rings. The predicted molar refractivity (Wildman–Crippen MR) is 78.0 cm³/mol. The number of carbonyl (C=O) groups is 1. The fraction of sp³-hybridized carbons (Fsp3) is 0.500. The highest BCUT2D eigenvalue weighted by molar-refractivity contribution is 7.88. The van der Waals surface area contributed by atoms with Gasteiger partial charge >= 0.3 is 5.97 Å². The van der Waals surface area contributed by atoms with Crippen molar-refractivity contribution in [3.8, 4) is 0 Å². The minimum absolute atomic E-state index is 0.207. The molecule has 0 fully saturated rings. The van der Waals surface area contributed by atoms with Gasteiger partial charge in [-0.1, -0.05) is 31.5 Å². The number of sulfonamides is 1. The summed E-state index contributed by atoms with van der Waals surface area (Å²) in [5.41, 5.74) is 2.76. The molecule has 0 radical (unpaired) electrons. The highest BCUT2D eigenvalue weighted by Gasteiger charge is 2.23. The van der Waals surface area contributed by atoms with Crippen molar-refractivity contribution in [1.29, 1.82) is 0 Å². The van der Waals surface area contributed by atoms with Crippen molar-refractivity contribution in [2.75, 3.05) is 0 Å². The zero-order chi connectivity index (χ0) is 15.3. The van der Waals surface area contributed by atoms with Gasteiger partial charge in [-0.25, -0.2) is 13.1 Å². The number of hydrogen-bond donors (Lipinski definition) is 2. The topological polar surface area (TPSA) is 83.5 Å². The molecular formula is C14H21NO4S.